The smallest absolute Gasteiger partial charge is 0.341 e. The van der Waals surface area contributed by atoms with E-state index in [9.17, 15) is 19.2 Å². The Hall–Kier alpha value is -3.20. The van der Waals surface area contributed by atoms with E-state index in [1.165, 1.54) is 42.5 Å². The molecule has 0 saturated carbocycles. The van der Waals surface area contributed by atoms with Crippen LogP contribution in [0.3, 0.4) is 0 Å². The van der Waals surface area contributed by atoms with Crippen LogP contribution in [0, 0.1) is 13.8 Å². The van der Waals surface area contributed by atoms with Crippen LogP contribution in [0.1, 0.15) is 38.1 Å². The number of amides is 3. The third-order valence-corrected chi connectivity index (χ3v) is 4.79. The molecule has 1 aromatic carbocycles. The van der Waals surface area contributed by atoms with Gasteiger partial charge in [0.1, 0.15) is 5.00 Å². The summed E-state index contributed by atoms with van der Waals surface area (Å²) in [4.78, 5) is 47.5. The van der Waals surface area contributed by atoms with E-state index in [-0.39, 0.29) is 11.5 Å². The lowest BCUT2D eigenvalue weighted by Gasteiger charge is -2.08. The number of nitrogens with one attached hydrogen (secondary N) is 2. The van der Waals surface area contributed by atoms with Gasteiger partial charge in [-0.3, -0.25) is 14.4 Å². The SMILES string of the molecule is CC(=O)Nc1sc(C)c(C)c1C(=O)OCC(=O)Nc1ccc(C(N)=O)cc1. The Labute approximate surface area is 159 Å². The molecular weight excluding hydrogens is 370 g/mol. The fourth-order valence-corrected chi connectivity index (χ4v) is 3.33. The molecule has 0 unspecified atom stereocenters. The first kappa shape index (κ1) is 20.1. The van der Waals surface area contributed by atoms with Crippen LogP contribution in [0.15, 0.2) is 24.3 Å². The molecule has 0 radical (unpaired) electrons. The number of nitrogens with two attached hydrogens (primary N) is 1. The Bertz CT molecular complexity index is 902. The molecule has 0 aliphatic heterocycles. The number of carbonyl (C=O) groups is 4. The summed E-state index contributed by atoms with van der Waals surface area (Å²) in [6.07, 6.45) is 0. The fourth-order valence-electron chi connectivity index (χ4n) is 2.24. The number of esters is 1. The van der Waals surface area contributed by atoms with Crippen molar-refractivity contribution in [1.82, 2.24) is 0 Å². The van der Waals surface area contributed by atoms with Crippen molar-refractivity contribution >= 4 is 45.7 Å². The molecule has 3 amide bonds. The summed E-state index contributed by atoms with van der Waals surface area (Å²) in [5, 5.41) is 5.54. The monoisotopic (exact) mass is 389 g/mol. The Morgan fingerprint density at radius 2 is 1.70 bits per heavy atom. The number of carbonyl (C=O) groups excluding carboxylic acids is 4. The maximum atomic E-state index is 12.4. The first-order valence-corrected chi connectivity index (χ1v) is 8.75. The predicted molar refractivity (Wildman–Crippen MR) is 102 cm³/mol. The highest BCUT2D eigenvalue weighted by Gasteiger charge is 2.22. The zero-order valence-electron chi connectivity index (χ0n) is 15.0. The van der Waals surface area contributed by atoms with E-state index in [2.05, 4.69) is 10.6 Å². The predicted octanol–water partition coefficient (Wildman–Crippen LogP) is 2.22. The van der Waals surface area contributed by atoms with Crippen molar-refractivity contribution in [2.75, 3.05) is 17.2 Å². The van der Waals surface area contributed by atoms with Crippen LogP contribution in [0.25, 0.3) is 0 Å². The summed E-state index contributed by atoms with van der Waals surface area (Å²) in [6.45, 7) is 4.42. The summed E-state index contributed by atoms with van der Waals surface area (Å²) in [7, 11) is 0. The quantitative estimate of drug-likeness (QED) is 0.653. The molecule has 0 bridgehead atoms. The molecule has 2 aromatic rings. The van der Waals surface area contributed by atoms with Gasteiger partial charge >= 0.3 is 5.97 Å². The lowest BCUT2D eigenvalue weighted by molar-refractivity contribution is -0.119. The van der Waals surface area contributed by atoms with Gasteiger partial charge < -0.3 is 21.1 Å². The van der Waals surface area contributed by atoms with Gasteiger partial charge in [0.25, 0.3) is 5.91 Å². The van der Waals surface area contributed by atoms with Crippen molar-refractivity contribution in [3.05, 3.63) is 45.8 Å². The molecule has 0 aliphatic carbocycles. The van der Waals surface area contributed by atoms with Gasteiger partial charge in [0, 0.05) is 23.1 Å². The molecule has 0 atom stereocenters. The van der Waals surface area contributed by atoms with Gasteiger partial charge in [-0.25, -0.2) is 4.79 Å². The molecule has 2 rings (SSSR count). The number of primary amides is 1. The van der Waals surface area contributed by atoms with Gasteiger partial charge in [0.15, 0.2) is 6.61 Å². The first-order chi connectivity index (χ1) is 12.7. The van der Waals surface area contributed by atoms with Crippen LogP contribution in [0.5, 0.6) is 0 Å². The van der Waals surface area contributed by atoms with Gasteiger partial charge in [-0.05, 0) is 43.7 Å². The highest BCUT2D eigenvalue weighted by Crippen LogP contribution is 2.32. The van der Waals surface area contributed by atoms with Gasteiger partial charge in [0.05, 0.1) is 5.56 Å². The molecule has 1 heterocycles. The largest absolute Gasteiger partial charge is 0.452 e. The van der Waals surface area contributed by atoms with Crippen molar-refractivity contribution in [3.8, 4) is 0 Å². The zero-order valence-corrected chi connectivity index (χ0v) is 15.9. The summed E-state index contributed by atoms with van der Waals surface area (Å²) >= 11 is 1.27. The van der Waals surface area contributed by atoms with Gasteiger partial charge in [0.2, 0.25) is 11.8 Å². The van der Waals surface area contributed by atoms with Crippen molar-refractivity contribution in [1.29, 1.82) is 0 Å². The van der Waals surface area contributed by atoms with Crippen molar-refractivity contribution in [2.24, 2.45) is 5.73 Å². The first-order valence-electron chi connectivity index (χ1n) is 7.93. The topological polar surface area (TPSA) is 128 Å². The zero-order chi connectivity index (χ0) is 20.1. The summed E-state index contributed by atoms with van der Waals surface area (Å²) in [5.74, 6) is -2.11. The summed E-state index contributed by atoms with van der Waals surface area (Å²) in [6, 6.07) is 5.98. The van der Waals surface area contributed by atoms with Crippen LogP contribution in [0.2, 0.25) is 0 Å². The minimum absolute atomic E-state index is 0.242. The van der Waals surface area contributed by atoms with Crippen LogP contribution < -0.4 is 16.4 Å². The van der Waals surface area contributed by atoms with E-state index in [1.54, 1.807) is 6.92 Å². The van der Waals surface area contributed by atoms with Crippen LogP contribution in [0.4, 0.5) is 10.7 Å². The van der Waals surface area contributed by atoms with Crippen LogP contribution in [-0.4, -0.2) is 30.3 Å². The summed E-state index contributed by atoms with van der Waals surface area (Å²) in [5.41, 5.74) is 6.83. The Balaban J connectivity index is 2.00. The highest BCUT2D eigenvalue weighted by atomic mass is 32.1. The van der Waals surface area contributed by atoms with Crippen molar-refractivity contribution < 1.29 is 23.9 Å². The highest BCUT2D eigenvalue weighted by molar-refractivity contribution is 7.16. The van der Waals surface area contributed by atoms with E-state index >= 15 is 0 Å². The van der Waals surface area contributed by atoms with Gasteiger partial charge in [-0.2, -0.15) is 0 Å². The van der Waals surface area contributed by atoms with Crippen molar-refractivity contribution in [2.45, 2.75) is 20.8 Å². The number of anilines is 2. The molecule has 4 N–H and O–H groups in total. The van der Waals surface area contributed by atoms with Gasteiger partial charge in [-0.15, -0.1) is 11.3 Å². The minimum atomic E-state index is -0.695. The lowest BCUT2D eigenvalue weighted by atomic mass is 10.1. The number of hydrogen-bond acceptors (Lipinski definition) is 6. The van der Waals surface area contributed by atoms with Crippen LogP contribution >= 0.6 is 11.3 Å². The Morgan fingerprint density at radius 3 is 2.26 bits per heavy atom. The second-order valence-electron chi connectivity index (χ2n) is 5.73. The van der Waals surface area contributed by atoms with E-state index < -0.39 is 24.4 Å². The number of thiophene rings is 1. The molecule has 0 aliphatic rings. The van der Waals surface area contributed by atoms with E-state index in [0.717, 1.165) is 4.88 Å². The molecule has 27 heavy (non-hydrogen) atoms. The average molecular weight is 389 g/mol. The number of rotatable bonds is 6. The van der Waals surface area contributed by atoms with Crippen LogP contribution in [-0.2, 0) is 14.3 Å². The number of benzene rings is 1. The Morgan fingerprint density at radius 1 is 1.07 bits per heavy atom. The maximum Gasteiger partial charge on any atom is 0.341 e. The van der Waals surface area contributed by atoms with E-state index in [1.807, 2.05) is 6.92 Å². The lowest BCUT2D eigenvalue weighted by Crippen LogP contribution is -2.21. The normalized spacial score (nSPS) is 10.2. The molecule has 8 nitrogen and oxygen atoms in total. The second kappa shape index (κ2) is 8.45. The molecule has 0 fully saturated rings. The molecule has 9 heteroatoms. The number of hydrogen-bond donors (Lipinski definition) is 3. The maximum absolute atomic E-state index is 12.4. The Kier molecular flexibility index (Phi) is 6.30. The molecular formula is C18H19N3O5S. The number of ether oxygens (including phenoxy) is 1. The second-order valence-corrected chi connectivity index (χ2v) is 6.96. The number of aryl methyl sites for hydroxylation is 1. The third kappa shape index (κ3) is 5.14. The van der Waals surface area contributed by atoms with E-state index in [0.29, 0.717) is 21.8 Å². The molecule has 1 aromatic heterocycles. The molecule has 0 saturated heterocycles. The minimum Gasteiger partial charge on any atom is -0.452 e. The average Bonchev–Trinajstić information content (AvgIpc) is 2.86. The molecule has 142 valence electrons. The third-order valence-electron chi connectivity index (χ3n) is 3.67. The summed E-state index contributed by atoms with van der Waals surface area (Å²) < 4.78 is 5.07. The van der Waals surface area contributed by atoms with Gasteiger partial charge in [-0.1, -0.05) is 0 Å². The van der Waals surface area contributed by atoms with E-state index in [4.69, 9.17) is 10.5 Å². The molecule has 0 spiro atoms. The standard InChI is InChI=1S/C18H19N3O5S/c1-9-10(2)27-17(20-11(3)22)15(9)18(25)26-8-14(23)21-13-6-4-12(5-7-13)16(19)24/h4-7H,8H2,1-3H3,(H2,19,24)(H,20,22)(H,21,23). The van der Waals surface area contributed by atoms with Crippen molar-refractivity contribution in [3.63, 3.8) is 0 Å². The fraction of sp³-hybridized carbons (Fsp3) is 0.222.